The van der Waals surface area contributed by atoms with Crippen molar-refractivity contribution in [1.82, 2.24) is 14.9 Å². The lowest BCUT2D eigenvalue weighted by atomic mass is 9.77. The third kappa shape index (κ3) is 3.27. The Morgan fingerprint density at radius 3 is 2.78 bits per heavy atom. The van der Waals surface area contributed by atoms with Crippen molar-refractivity contribution in [2.45, 2.75) is 31.1 Å². The minimum absolute atomic E-state index is 0.00276. The fourth-order valence-electron chi connectivity index (χ4n) is 4.26. The van der Waals surface area contributed by atoms with E-state index in [-0.39, 0.29) is 11.3 Å². The molecule has 2 aliphatic rings. The van der Waals surface area contributed by atoms with E-state index < -0.39 is 0 Å². The van der Waals surface area contributed by atoms with Crippen LogP contribution in [-0.4, -0.2) is 48.0 Å². The molecule has 142 valence electrons. The van der Waals surface area contributed by atoms with Gasteiger partial charge in [-0.1, -0.05) is 23.2 Å². The fraction of sp³-hybridized carbons (Fsp3) is 0.450. The van der Waals surface area contributed by atoms with Gasteiger partial charge >= 0.3 is 0 Å². The van der Waals surface area contributed by atoms with E-state index in [9.17, 15) is 4.79 Å². The minimum atomic E-state index is -0.0762. The lowest BCUT2D eigenvalue weighted by Gasteiger charge is -2.40. The molecule has 1 amide bonds. The van der Waals surface area contributed by atoms with Gasteiger partial charge in [-0.15, -0.1) is 0 Å². The van der Waals surface area contributed by atoms with Gasteiger partial charge in [-0.3, -0.25) is 4.79 Å². The summed E-state index contributed by atoms with van der Waals surface area (Å²) >= 11 is 12.1. The number of rotatable bonds is 2. The first-order valence-electron chi connectivity index (χ1n) is 9.18. The summed E-state index contributed by atoms with van der Waals surface area (Å²) in [5.41, 5.74) is 2.83. The van der Waals surface area contributed by atoms with Crippen molar-refractivity contribution in [1.29, 1.82) is 0 Å². The van der Waals surface area contributed by atoms with Gasteiger partial charge in [0.05, 0.1) is 15.7 Å². The summed E-state index contributed by atoms with van der Waals surface area (Å²) in [6.45, 7) is 1.44. The molecule has 1 unspecified atom stereocenters. The Morgan fingerprint density at radius 1 is 1.22 bits per heavy atom. The molecule has 0 bridgehead atoms. The number of nitrogens with zero attached hydrogens (tertiary/aromatic N) is 4. The van der Waals surface area contributed by atoms with E-state index >= 15 is 0 Å². The van der Waals surface area contributed by atoms with Gasteiger partial charge in [0.1, 0.15) is 0 Å². The number of fused-ring (bicyclic) bond motifs is 2. The van der Waals surface area contributed by atoms with Crippen molar-refractivity contribution < 1.29 is 4.79 Å². The first-order chi connectivity index (χ1) is 12.9. The summed E-state index contributed by atoms with van der Waals surface area (Å²) in [4.78, 5) is 26.3. The molecule has 0 N–H and O–H groups in total. The average Bonchev–Trinajstić information content (AvgIpc) is 3.00. The Balaban J connectivity index is 1.63. The molecule has 2 aromatic rings. The van der Waals surface area contributed by atoms with Gasteiger partial charge in [0.15, 0.2) is 0 Å². The molecule has 0 saturated carbocycles. The number of aromatic nitrogens is 2. The van der Waals surface area contributed by atoms with E-state index in [4.69, 9.17) is 28.2 Å². The molecule has 27 heavy (non-hydrogen) atoms. The van der Waals surface area contributed by atoms with Gasteiger partial charge in [0.25, 0.3) is 5.91 Å². The van der Waals surface area contributed by atoms with Gasteiger partial charge in [0, 0.05) is 44.4 Å². The van der Waals surface area contributed by atoms with Crippen LogP contribution >= 0.6 is 23.2 Å². The summed E-state index contributed by atoms with van der Waals surface area (Å²) in [6.07, 6.45) is 5.95. The molecule has 1 saturated heterocycles. The van der Waals surface area contributed by atoms with Crippen LogP contribution in [0.15, 0.2) is 24.4 Å². The number of anilines is 1. The molecule has 0 radical (unpaired) electrons. The highest BCUT2D eigenvalue weighted by Gasteiger charge is 2.45. The van der Waals surface area contributed by atoms with Crippen molar-refractivity contribution >= 4 is 35.1 Å². The number of hydrogen-bond acceptors (Lipinski definition) is 4. The zero-order valence-corrected chi connectivity index (χ0v) is 17.0. The number of piperidine rings is 1. The number of carbonyl (C=O) groups excluding carboxylic acids is 1. The Labute approximate surface area is 169 Å². The third-order valence-electron chi connectivity index (χ3n) is 5.66. The maximum atomic E-state index is 13.1. The van der Waals surface area contributed by atoms with E-state index in [1.165, 1.54) is 5.56 Å². The van der Waals surface area contributed by atoms with Crippen LogP contribution in [-0.2, 0) is 11.8 Å². The molecule has 4 rings (SSSR count). The summed E-state index contributed by atoms with van der Waals surface area (Å²) in [5, 5.41) is 0.866. The van der Waals surface area contributed by atoms with Crippen LogP contribution in [0, 0.1) is 0 Å². The highest BCUT2D eigenvalue weighted by atomic mass is 35.5. The van der Waals surface area contributed by atoms with Crippen LogP contribution in [0.4, 0.5) is 5.95 Å². The lowest BCUT2D eigenvalue weighted by molar-refractivity contribution is 0.0633. The predicted octanol–water partition coefficient (Wildman–Crippen LogP) is 3.97. The Morgan fingerprint density at radius 2 is 2.04 bits per heavy atom. The molecule has 7 heteroatoms. The Bertz CT molecular complexity index is 898. The minimum Gasteiger partial charge on any atom is -0.347 e. The quantitative estimate of drug-likeness (QED) is 0.759. The Kier molecular flexibility index (Phi) is 4.77. The number of hydrogen-bond donors (Lipinski definition) is 0. The second-order valence-electron chi connectivity index (χ2n) is 7.68. The summed E-state index contributed by atoms with van der Waals surface area (Å²) < 4.78 is 0. The maximum Gasteiger partial charge on any atom is 0.253 e. The highest BCUT2D eigenvalue weighted by molar-refractivity contribution is 6.42. The number of aryl methyl sites for hydroxylation is 1. The van der Waals surface area contributed by atoms with Crippen LogP contribution in [0.3, 0.4) is 0 Å². The van der Waals surface area contributed by atoms with Crippen LogP contribution < -0.4 is 4.90 Å². The molecule has 1 aromatic carbocycles. The summed E-state index contributed by atoms with van der Waals surface area (Å²) in [6, 6.07) is 5.08. The van der Waals surface area contributed by atoms with Gasteiger partial charge in [-0.05, 0) is 49.4 Å². The molecule has 1 fully saturated rings. The maximum absolute atomic E-state index is 13.1. The van der Waals surface area contributed by atoms with Crippen LogP contribution in [0.25, 0.3) is 0 Å². The SMILES string of the molecule is CN(C)c1ncc2c(n1)C1(CCCN(C(=O)c3ccc(Cl)c(Cl)c3)C1)CC2. The molecule has 1 aromatic heterocycles. The van der Waals surface area contributed by atoms with E-state index in [1.54, 1.807) is 18.2 Å². The first-order valence-corrected chi connectivity index (χ1v) is 9.93. The molecule has 2 heterocycles. The summed E-state index contributed by atoms with van der Waals surface area (Å²) in [5.74, 6) is 0.728. The normalized spacial score (nSPS) is 21.4. The lowest BCUT2D eigenvalue weighted by Crippen LogP contribution is -2.48. The number of carbonyl (C=O) groups is 1. The van der Waals surface area contributed by atoms with Crippen molar-refractivity contribution in [3.63, 3.8) is 0 Å². The van der Waals surface area contributed by atoms with Gasteiger partial charge in [-0.25, -0.2) is 9.97 Å². The molecule has 1 atom stereocenters. The zero-order valence-electron chi connectivity index (χ0n) is 15.5. The smallest absolute Gasteiger partial charge is 0.253 e. The molecule has 1 aliphatic heterocycles. The monoisotopic (exact) mass is 404 g/mol. The van der Waals surface area contributed by atoms with Crippen LogP contribution in [0.2, 0.25) is 10.0 Å². The average molecular weight is 405 g/mol. The number of amides is 1. The molecule has 5 nitrogen and oxygen atoms in total. The standard InChI is InChI=1S/C20H22Cl2N4O/c1-25(2)19-23-11-14-6-8-20(17(14)24-19)7-3-9-26(12-20)18(27)13-4-5-15(21)16(22)10-13/h4-5,10-11H,3,6-9,12H2,1-2H3. The second-order valence-corrected chi connectivity index (χ2v) is 8.49. The van der Waals surface area contributed by atoms with Gasteiger partial charge in [0.2, 0.25) is 5.95 Å². The summed E-state index contributed by atoms with van der Waals surface area (Å²) in [7, 11) is 3.90. The number of likely N-dealkylation sites (tertiary alicyclic amines) is 1. The zero-order chi connectivity index (χ0) is 19.2. The largest absolute Gasteiger partial charge is 0.347 e. The van der Waals surface area contributed by atoms with Crippen molar-refractivity contribution in [3.05, 3.63) is 51.3 Å². The number of benzene rings is 1. The number of halogens is 2. The highest BCUT2D eigenvalue weighted by Crippen LogP contribution is 2.44. The van der Waals surface area contributed by atoms with E-state index in [0.717, 1.165) is 43.9 Å². The van der Waals surface area contributed by atoms with Gasteiger partial charge < -0.3 is 9.80 Å². The van der Waals surface area contributed by atoms with Crippen LogP contribution in [0.1, 0.15) is 40.9 Å². The van der Waals surface area contributed by atoms with Crippen molar-refractivity contribution in [2.24, 2.45) is 0 Å². The second kappa shape index (κ2) is 6.95. The van der Waals surface area contributed by atoms with E-state index in [1.807, 2.05) is 30.1 Å². The van der Waals surface area contributed by atoms with E-state index in [2.05, 4.69) is 4.98 Å². The Hall–Kier alpha value is -1.85. The molecular weight excluding hydrogens is 383 g/mol. The van der Waals surface area contributed by atoms with E-state index in [0.29, 0.717) is 22.2 Å². The van der Waals surface area contributed by atoms with Crippen LogP contribution in [0.5, 0.6) is 0 Å². The molecule has 1 spiro atoms. The molecular formula is C20H22Cl2N4O. The third-order valence-corrected chi connectivity index (χ3v) is 6.40. The molecule has 1 aliphatic carbocycles. The predicted molar refractivity (Wildman–Crippen MR) is 108 cm³/mol. The fourth-order valence-corrected chi connectivity index (χ4v) is 4.56. The van der Waals surface area contributed by atoms with Crippen molar-refractivity contribution in [2.75, 3.05) is 32.1 Å². The van der Waals surface area contributed by atoms with Gasteiger partial charge in [-0.2, -0.15) is 0 Å². The first kappa shape index (κ1) is 18.5. The topological polar surface area (TPSA) is 49.3 Å². The van der Waals surface area contributed by atoms with Crippen molar-refractivity contribution in [3.8, 4) is 0 Å².